The number of hydrogen-bond donors (Lipinski definition) is 1. The minimum absolute atomic E-state index is 0.00357. The number of benzene rings is 2. The van der Waals surface area contributed by atoms with E-state index in [2.05, 4.69) is 47.5 Å². The molecular formula is C25H28N4O2S. The van der Waals surface area contributed by atoms with Crippen LogP contribution in [0.1, 0.15) is 38.7 Å². The SMILES string of the molecule is CNC(=O)c1sc2ccccc2c1[C@@H]1CCN(Cc2cc3c(cc2C)n(C)c(=O)n3C)C1. The number of fused-ring (bicyclic) bond motifs is 2. The molecule has 3 heterocycles. The van der Waals surface area contributed by atoms with E-state index in [0.29, 0.717) is 5.92 Å². The number of amides is 1. The third-order valence-corrected chi connectivity index (χ3v) is 8.06. The number of aromatic nitrogens is 2. The maximum absolute atomic E-state index is 12.6. The molecule has 0 radical (unpaired) electrons. The van der Waals surface area contributed by atoms with Gasteiger partial charge in [-0.25, -0.2) is 4.79 Å². The van der Waals surface area contributed by atoms with Crippen LogP contribution in [0.25, 0.3) is 21.1 Å². The van der Waals surface area contributed by atoms with Crippen LogP contribution in [0.15, 0.2) is 41.2 Å². The molecule has 1 saturated heterocycles. The van der Waals surface area contributed by atoms with Crippen molar-refractivity contribution in [2.45, 2.75) is 25.8 Å². The first-order valence-corrected chi connectivity index (χ1v) is 11.8. The summed E-state index contributed by atoms with van der Waals surface area (Å²) in [7, 11) is 5.36. The van der Waals surface area contributed by atoms with Crippen molar-refractivity contribution in [2.75, 3.05) is 20.1 Å². The molecule has 166 valence electrons. The highest BCUT2D eigenvalue weighted by atomic mass is 32.1. The molecule has 0 aliphatic carbocycles. The van der Waals surface area contributed by atoms with E-state index in [4.69, 9.17) is 0 Å². The number of likely N-dealkylation sites (tertiary alicyclic amines) is 1. The van der Waals surface area contributed by atoms with Gasteiger partial charge in [-0.2, -0.15) is 0 Å². The highest BCUT2D eigenvalue weighted by molar-refractivity contribution is 7.21. The third kappa shape index (κ3) is 3.27. The van der Waals surface area contributed by atoms with Crippen molar-refractivity contribution in [3.8, 4) is 0 Å². The minimum atomic E-state index is 0.00357. The molecule has 0 unspecified atom stereocenters. The molecule has 1 aliphatic heterocycles. The fourth-order valence-corrected chi connectivity index (χ4v) is 6.30. The van der Waals surface area contributed by atoms with Gasteiger partial charge in [0, 0.05) is 44.9 Å². The Balaban J connectivity index is 1.45. The van der Waals surface area contributed by atoms with E-state index in [0.717, 1.165) is 42.0 Å². The van der Waals surface area contributed by atoms with Crippen LogP contribution in [0.2, 0.25) is 0 Å². The lowest BCUT2D eigenvalue weighted by Gasteiger charge is -2.18. The molecular weight excluding hydrogens is 420 g/mol. The molecule has 5 rings (SSSR count). The zero-order chi connectivity index (χ0) is 22.6. The predicted molar refractivity (Wildman–Crippen MR) is 131 cm³/mol. The lowest BCUT2D eigenvalue weighted by Crippen LogP contribution is -2.22. The van der Waals surface area contributed by atoms with E-state index >= 15 is 0 Å². The number of rotatable bonds is 4. The van der Waals surface area contributed by atoms with Gasteiger partial charge in [-0.05, 0) is 60.2 Å². The Labute approximate surface area is 191 Å². The van der Waals surface area contributed by atoms with Crippen molar-refractivity contribution < 1.29 is 4.79 Å². The van der Waals surface area contributed by atoms with Gasteiger partial charge in [-0.15, -0.1) is 11.3 Å². The summed E-state index contributed by atoms with van der Waals surface area (Å²) in [5.41, 5.74) is 5.60. The number of aryl methyl sites for hydroxylation is 3. The summed E-state index contributed by atoms with van der Waals surface area (Å²) in [6.45, 7) is 4.89. The normalized spacial score (nSPS) is 16.9. The highest BCUT2D eigenvalue weighted by Gasteiger charge is 2.30. The molecule has 6 nitrogen and oxygen atoms in total. The van der Waals surface area contributed by atoms with Crippen molar-refractivity contribution in [1.29, 1.82) is 0 Å². The second kappa shape index (κ2) is 7.90. The monoisotopic (exact) mass is 448 g/mol. The predicted octanol–water partition coefficient (Wildman–Crippen LogP) is 3.75. The molecule has 2 aromatic carbocycles. The van der Waals surface area contributed by atoms with Gasteiger partial charge >= 0.3 is 5.69 Å². The van der Waals surface area contributed by atoms with Crippen molar-refractivity contribution in [3.05, 3.63) is 68.4 Å². The van der Waals surface area contributed by atoms with E-state index in [1.165, 1.54) is 26.8 Å². The van der Waals surface area contributed by atoms with E-state index in [1.807, 2.05) is 20.2 Å². The number of carbonyl (C=O) groups excluding carboxylic acids is 1. The third-order valence-electron chi connectivity index (χ3n) is 6.87. The Bertz CT molecular complexity index is 1410. The molecule has 1 aliphatic rings. The van der Waals surface area contributed by atoms with Gasteiger partial charge in [0.25, 0.3) is 5.91 Å². The topological polar surface area (TPSA) is 59.3 Å². The molecule has 1 amide bonds. The lowest BCUT2D eigenvalue weighted by atomic mass is 9.95. The molecule has 1 N–H and O–H groups in total. The maximum atomic E-state index is 12.6. The van der Waals surface area contributed by atoms with E-state index in [-0.39, 0.29) is 11.6 Å². The molecule has 32 heavy (non-hydrogen) atoms. The molecule has 7 heteroatoms. The average molecular weight is 449 g/mol. The zero-order valence-electron chi connectivity index (χ0n) is 18.9. The summed E-state index contributed by atoms with van der Waals surface area (Å²) in [6, 6.07) is 12.6. The second-order valence-electron chi connectivity index (χ2n) is 8.81. The standard InChI is InChI=1S/C25H28N4O2S/c1-15-11-19-20(28(4)25(31)27(19)3)12-17(15)14-29-10-9-16(13-29)22-18-7-5-6-8-21(18)32-23(22)24(30)26-2/h5-8,11-12,16H,9-10,13-14H2,1-4H3,(H,26,30)/t16-/m1/s1. The Morgan fingerprint density at radius 2 is 1.88 bits per heavy atom. The Morgan fingerprint density at radius 1 is 1.16 bits per heavy atom. The van der Waals surface area contributed by atoms with Crippen LogP contribution in [0, 0.1) is 6.92 Å². The van der Waals surface area contributed by atoms with Gasteiger partial charge in [0.1, 0.15) is 0 Å². The fraction of sp³-hybridized carbons (Fsp3) is 0.360. The summed E-state index contributed by atoms with van der Waals surface area (Å²) in [5, 5.41) is 4.03. The molecule has 1 atom stereocenters. The molecule has 2 aromatic heterocycles. The van der Waals surface area contributed by atoms with Crippen molar-refractivity contribution in [3.63, 3.8) is 0 Å². The molecule has 0 bridgehead atoms. The van der Waals surface area contributed by atoms with E-state index in [1.54, 1.807) is 27.5 Å². The van der Waals surface area contributed by atoms with Gasteiger partial charge < -0.3 is 5.32 Å². The lowest BCUT2D eigenvalue weighted by molar-refractivity contribution is 0.0966. The summed E-state index contributed by atoms with van der Waals surface area (Å²) < 4.78 is 4.60. The number of nitrogens with zero attached hydrogens (tertiary/aromatic N) is 3. The van der Waals surface area contributed by atoms with E-state index < -0.39 is 0 Å². The first kappa shape index (κ1) is 21.0. The van der Waals surface area contributed by atoms with Gasteiger partial charge in [-0.3, -0.25) is 18.8 Å². The van der Waals surface area contributed by atoms with Crippen LogP contribution in [-0.4, -0.2) is 40.1 Å². The summed E-state index contributed by atoms with van der Waals surface area (Å²) in [6.07, 6.45) is 1.04. The van der Waals surface area contributed by atoms with Gasteiger partial charge in [0.2, 0.25) is 0 Å². The summed E-state index contributed by atoms with van der Waals surface area (Å²) in [4.78, 5) is 28.3. The molecule has 0 saturated carbocycles. The fourth-order valence-electron chi connectivity index (χ4n) is 5.07. The van der Waals surface area contributed by atoms with Crippen LogP contribution in [0.4, 0.5) is 0 Å². The zero-order valence-corrected chi connectivity index (χ0v) is 19.8. The Morgan fingerprint density at radius 3 is 2.62 bits per heavy atom. The number of carbonyl (C=O) groups is 1. The molecule has 4 aromatic rings. The second-order valence-corrected chi connectivity index (χ2v) is 9.86. The number of imidazole rings is 1. The summed E-state index contributed by atoms with van der Waals surface area (Å²) >= 11 is 1.59. The van der Waals surface area contributed by atoms with Crippen LogP contribution >= 0.6 is 11.3 Å². The number of hydrogen-bond acceptors (Lipinski definition) is 4. The first-order chi connectivity index (χ1) is 15.4. The Kier molecular flexibility index (Phi) is 5.18. The number of nitrogens with one attached hydrogen (secondary N) is 1. The number of thiophene rings is 1. The van der Waals surface area contributed by atoms with Crippen LogP contribution in [-0.2, 0) is 20.6 Å². The van der Waals surface area contributed by atoms with Gasteiger partial charge in [0.05, 0.1) is 15.9 Å². The minimum Gasteiger partial charge on any atom is -0.354 e. The highest BCUT2D eigenvalue weighted by Crippen LogP contribution is 2.40. The molecule has 0 spiro atoms. The van der Waals surface area contributed by atoms with Crippen molar-refractivity contribution in [1.82, 2.24) is 19.4 Å². The van der Waals surface area contributed by atoms with Crippen LogP contribution < -0.4 is 11.0 Å². The average Bonchev–Trinajstić information content (AvgIpc) is 3.46. The summed E-state index contributed by atoms with van der Waals surface area (Å²) in [5.74, 6) is 0.342. The van der Waals surface area contributed by atoms with Crippen LogP contribution in [0.3, 0.4) is 0 Å². The van der Waals surface area contributed by atoms with Crippen LogP contribution in [0.5, 0.6) is 0 Å². The largest absolute Gasteiger partial charge is 0.354 e. The van der Waals surface area contributed by atoms with Gasteiger partial charge in [0.15, 0.2) is 0 Å². The maximum Gasteiger partial charge on any atom is 0.328 e. The quantitative estimate of drug-likeness (QED) is 0.517. The molecule has 1 fully saturated rings. The van der Waals surface area contributed by atoms with E-state index in [9.17, 15) is 9.59 Å². The van der Waals surface area contributed by atoms with Gasteiger partial charge in [-0.1, -0.05) is 18.2 Å². The Hall–Kier alpha value is -2.90. The van der Waals surface area contributed by atoms with Crippen molar-refractivity contribution in [2.24, 2.45) is 14.1 Å². The smallest absolute Gasteiger partial charge is 0.328 e. The first-order valence-electron chi connectivity index (χ1n) is 11.0. The van der Waals surface area contributed by atoms with Crippen molar-refractivity contribution >= 4 is 38.4 Å².